The second-order valence-corrected chi connectivity index (χ2v) is 21.0. The highest BCUT2D eigenvalue weighted by Gasteiger charge is 2.63. The van der Waals surface area contributed by atoms with Gasteiger partial charge in [0.05, 0.1) is 25.0 Å². The number of carboxylic acid groups (broad SMARTS) is 1. The van der Waals surface area contributed by atoms with E-state index in [9.17, 15) is 27.9 Å². The van der Waals surface area contributed by atoms with Crippen molar-refractivity contribution in [3.63, 3.8) is 0 Å². The number of hydrogen-bond acceptors (Lipinski definition) is 10. The lowest BCUT2D eigenvalue weighted by atomic mass is 9.81. The first kappa shape index (κ1) is 45.3. The van der Waals surface area contributed by atoms with Gasteiger partial charge in [0.15, 0.2) is 0 Å². The van der Waals surface area contributed by atoms with Crippen molar-refractivity contribution < 1.29 is 55.7 Å². The number of alkyl halides is 2. The molecule has 0 unspecified atom stereocenters. The highest BCUT2D eigenvalue weighted by Crippen LogP contribution is 2.48. The first-order valence-electron chi connectivity index (χ1n) is 21.6. The van der Waals surface area contributed by atoms with Crippen LogP contribution >= 0.6 is 0 Å². The van der Waals surface area contributed by atoms with Crippen LogP contribution in [0.1, 0.15) is 105 Å². The Labute approximate surface area is 361 Å². The van der Waals surface area contributed by atoms with Gasteiger partial charge in [-0.2, -0.15) is 4.98 Å². The number of methoxy groups -OCH3 is 1. The molecule has 7 rings (SSSR count). The number of benzene rings is 1. The maximum atomic E-state index is 15.6. The molecule has 62 heavy (non-hydrogen) atoms. The molecule has 5 aliphatic rings. The second kappa shape index (κ2) is 16.4. The summed E-state index contributed by atoms with van der Waals surface area (Å²) in [4.78, 5) is 64.1. The molecule has 0 bridgehead atoms. The molecule has 1 saturated heterocycles. The molecule has 4 heterocycles. The van der Waals surface area contributed by atoms with Gasteiger partial charge < -0.3 is 29.5 Å². The molecule has 2 aromatic rings. The quantitative estimate of drug-likeness (QED) is 0.238. The highest BCUT2D eigenvalue weighted by atomic mass is 32.2. The van der Waals surface area contributed by atoms with E-state index < -0.39 is 85.6 Å². The van der Waals surface area contributed by atoms with E-state index in [0.717, 1.165) is 31.2 Å². The third kappa shape index (κ3) is 8.27. The fourth-order valence-corrected chi connectivity index (χ4v) is 10.6. The average Bonchev–Trinajstić information content (AvgIpc) is 4.09. The third-order valence-electron chi connectivity index (χ3n) is 14.1. The Morgan fingerprint density at radius 3 is 2.53 bits per heavy atom. The van der Waals surface area contributed by atoms with E-state index >= 15 is 13.6 Å². The molecular weight excluding hydrogens is 829 g/mol. The Morgan fingerprint density at radius 1 is 1.16 bits per heavy atom. The van der Waals surface area contributed by atoms with Crippen molar-refractivity contribution in [1.29, 1.82) is 0 Å². The maximum Gasteiger partial charge on any atom is 0.408 e. The predicted molar refractivity (Wildman–Crippen MR) is 225 cm³/mol. The van der Waals surface area contributed by atoms with E-state index in [0.29, 0.717) is 74.0 Å². The van der Waals surface area contributed by atoms with Crippen molar-refractivity contribution in [2.75, 3.05) is 20.3 Å². The lowest BCUT2D eigenvalue weighted by molar-refractivity contribution is -0.157. The molecule has 18 heteroatoms. The van der Waals surface area contributed by atoms with Crippen LogP contribution in [0.25, 0.3) is 10.8 Å². The Hall–Kier alpha value is -4.74. The first-order valence-corrected chi connectivity index (χ1v) is 23.1. The van der Waals surface area contributed by atoms with Crippen LogP contribution in [0.15, 0.2) is 30.4 Å². The molecule has 3 N–H and O–H groups in total. The van der Waals surface area contributed by atoms with Crippen LogP contribution < -0.4 is 24.2 Å². The van der Waals surface area contributed by atoms with Gasteiger partial charge in [-0.3, -0.25) is 24.0 Å². The summed E-state index contributed by atoms with van der Waals surface area (Å²) in [5.41, 5.74) is -3.19. The molecule has 7 atom stereocenters. The van der Waals surface area contributed by atoms with Gasteiger partial charge in [-0.05, 0) is 108 Å². The first-order chi connectivity index (χ1) is 29.1. The van der Waals surface area contributed by atoms with Gasteiger partial charge >= 0.3 is 6.09 Å². The van der Waals surface area contributed by atoms with Gasteiger partial charge in [0.1, 0.15) is 35.0 Å². The molecule has 0 spiro atoms. The Kier molecular flexibility index (Phi) is 12.0. The lowest BCUT2D eigenvalue weighted by Gasteiger charge is -2.47. The molecule has 1 aromatic carbocycles. The van der Waals surface area contributed by atoms with E-state index in [-0.39, 0.29) is 37.6 Å². The normalized spacial score (nSPS) is 29.3. The van der Waals surface area contributed by atoms with Gasteiger partial charge in [-0.25, -0.2) is 22.0 Å². The fourth-order valence-electron chi connectivity index (χ4n) is 9.29. The number of carbonyl (C=O) groups is 4. The number of sulfonamides is 1. The van der Waals surface area contributed by atoms with Gasteiger partial charge in [0, 0.05) is 30.2 Å². The van der Waals surface area contributed by atoms with Crippen LogP contribution in [0.5, 0.6) is 17.5 Å². The van der Waals surface area contributed by atoms with Crippen molar-refractivity contribution >= 4 is 44.6 Å². The van der Waals surface area contributed by atoms with Crippen LogP contribution in [-0.2, 0) is 30.8 Å². The minimum Gasteiger partial charge on any atom is -0.497 e. The van der Waals surface area contributed by atoms with E-state index in [2.05, 4.69) is 10.0 Å². The monoisotopic (exact) mass is 887 g/mol. The summed E-state index contributed by atoms with van der Waals surface area (Å²) >= 11 is 0. The average molecular weight is 888 g/mol. The Balaban J connectivity index is 1.32. The van der Waals surface area contributed by atoms with Crippen molar-refractivity contribution in [3.05, 3.63) is 35.9 Å². The molecule has 1 aromatic heterocycles. The zero-order valence-corrected chi connectivity index (χ0v) is 37.3. The predicted octanol–water partition coefficient (Wildman–Crippen LogP) is 5.97. The number of rotatable bonds is 10. The van der Waals surface area contributed by atoms with Crippen molar-refractivity contribution in [1.82, 2.24) is 24.8 Å². The van der Waals surface area contributed by atoms with Crippen molar-refractivity contribution in [3.8, 4) is 17.5 Å². The standard InChI is InChI=1S/C44H59F2N5O10S/c1-8-26-20-25(2)12-9-10-13-27-23-44(27,39(54)49-62(57,58)42(5)17-18-42)48-35(52)33-22-29(24-50(33)38(53)34(26)51(40(55)56)41(3,4)43(6,45)46)61-37-31-16-15-28(59-7)21-32(31)30-14-11-19-60-36(30)47-37/h10,13,15-16,21,25-27,29,33-34H,8-9,11-12,14,17-20,22-24H2,1-7H3,(H,48,52)(H,49,54)(H,55,56)/b13-10-/t25-,26-,27-,29-,33+,34+,44-/m1/s1. The molecule has 4 amide bonds. The van der Waals surface area contributed by atoms with Gasteiger partial charge in [-0.15, -0.1) is 0 Å². The number of hydrogen-bond donors (Lipinski definition) is 3. The molecule has 2 aliphatic carbocycles. The van der Waals surface area contributed by atoms with Crippen LogP contribution in [0.3, 0.4) is 0 Å². The second-order valence-electron chi connectivity index (χ2n) is 18.8. The highest BCUT2D eigenvalue weighted by molar-refractivity contribution is 7.91. The molecule has 2 saturated carbocycles. The minimum atomic E-state index is -4.10. The minimum absolute atomic E-state index is 0.0883. The number of aromatic nitrogens is 1. The maximum absolute atomic E-state index is 15.6. The van der Waals surface area contributed by atoms with Gasteiger partial charge in [0.25, 0.3) is 11.8 Å². The van der Waals surface area contributed by atoms with Crippen LogP contribution in [-0.4, -0.2) is 112 Å². The van der Waals surface area contributed by atoms with E-state index in [1.807, 2.05) is 19.1 Å². The summed E-state index contributed by atoms with van der Waals surface area (Å²) < 4.78 is 76.9. The van der Waals surface area contributed by atoms with Crippen molar-refractivity contribution in [2.24, 2.45) is 17.8 Å². The topological polar surface area (TPSA) is 194 Å². The van der Waals surface area contributed by atoms with E-state index in [1.54, 1.807) is 39.2 Å². The number of nitrogens with one attached hydrogen (secondary N) is 2. The molecule has 3 aliphatic heterocycles. The van der Waals surface area contributed by atoms with Crippen LogP contribution in [0.4, 0.5) is 13.6 Å². The molecule has 0 radical (unpaired) electrons. The summed E-state index contributed by atoms with van der Waals surface area (Å²) in [5.74, 6) is -6.48. The van der Waals surface area contributed by atoms with Crippen LogP contribution in [0, 0.1) is 17.8 Å². The summed E-state index contributed by atoms with van der Waals surface area (Å²) in [6.45, 7) is 8.20. The summed E-state index contributed by atoms with van der Waals surface area (Å²) in [5, 5.41) is 15.0. The number of carbonyl (C=O) groups excluding carboxylic acids is 3. The van der Waals surface area contributed by atoms with Gasteiger partial charge in [0.2, 0.25) is 33.6 Å². The van der Waals surface area contributed by atoms with E-state index in [4.69, 9.17) is 19.2 Å². The molecule has 340 valence electrons. The molecule has 3 fully saturated rings. The third-order valence-corrected chi connectivity index (χ3v) is 16.2. The number of fused-ring (bicyclic) bond motifs is 5. The van der Waals surface area contributed by atoms with Gasteiger partial charge in [-0.1, -0.05) is 32.4 Å². The zero-order valence-electron chi connectivity index (χ0n) is 36.5. The van der Waals surface area contributed by atoms with Crippen molar-refractivity contribution in [2.45, 2.75) is 146 Å². The SMILES string of the molecule is CC[C@@H]1C[C@H](C)CC/C=C\[C@@H]2C[C@@]2(C(=O)NS(=O)(=O)C2(C)CC2)NC(=O)[C@@H]2C[C@@H](Oc3nc4c(c5cc(OC)ccc35)CCCO4)CN2C(=O)[C@H]1N(C(=O)O)C(C)(C)C(C)(F)F. The number of allylic oxidation sites excluding steroid dienone is 1. The summed E-state index contributed by atoms with van der Waals surface area (Å²) in [6, 6.07) is 2.33. The largest absolute Gasteiger partial charge is 0.497 e. The van der Waals surface area contributed by atoms with E-state index in [1.165, 1.54) is 4.90 Å². The number of amides is 4. The number of ether oxygens (including phenoxy) is 3. The fraction of sp³-hybridized carbons (Fsp3) is 0.659. The molecular formula is C44H59F2N5O10S. The lowest BCUT2D eigenvalue weighted by Crippen LogP contribution is -2.67. The Morgan fingerprint density at radius 2 is 1.89 bits per heavy atom. The smallest absolute Gasteiger partial charge is 0.408 e. The zero-order chi connectivity index (χ0) is 45.2. The number of pyridine rings is 1. The van der Waals surface area contributed by atoms with Crippen LogP contribution in [0.2, 0.25) is 0 Å². The number of aryl methyl sites for hydroxylation is 1. The summed E-state index contributed by atoms with van der Waals surface area (Å²) in [6.07, 6.45) is 4.79. The number of nitrogens with zero attached hydrogens (tertiary/aromatic N) is 3. The molecule has 15 nitrogen and oxygen atoms in total. The Bertz CT molecular complexity index is 2260. The number of halogens is 2. The summed E-state index contributed by atoms with van der Waals surface area (Å²) in [7, 11) is -2.55.